The Morgan fingerprint density at radius 3 is 2.21 bits per heavy atom. The van der Waals surface area contributed by atoms with Crippen LogP contribution in [0.2, 0.25) is 0 Å². The minimum Gasteiger partial charge on any atom is -0.494 e. The van der Waals surface area contributed by atoms with E-state index in [1.54, 1.807) is 54.6 Å². The maximum atomic E-state index is 13.4. The Labute approximate surface area is 193 Å². The van der Waals surface area contributed by atoms with E-state index in [1.165, 1.54) is 12.1 Å². The van der Waals surface area contributed by atoms with Gasteiger partial charge < -0.3 is 14.8 Å². The van der Waals surface area contributed by atoms with Crippen molar-refractivity contribution in [3.63, 3.8) is 0 Å². The lowest BCUT2D eigenvalue weighted by atomic mass is 10.0. The number of imide groups is 1. The molecule has 0 radical (unpaired) electrons. The van der Waals surface area contributed by atoms with Gasteiger partial charge >= 0.3 is 6.36 Å². The lowest BCUT2D eigenvalue weighted by Gasteiger charge is -2.15. The smallest absolute Gasteiger partial charge is 0.494 e. The van der Waals surface area contributed by atoms with E-state index in [0.29, 0.717) is 23.6 Å². The van der Waals surface area contributed by atoms with Crippen LogP contribution in [-0.2, 0) is 9.59 Å². The van der Waals surface area contributed by atoms with Gasteiger partial charge in [-0.05, 0) is 48.9 Å². The molecule has 1 aliphatic rings. The van der Waals surface area contributed by atoms with Gasteiger partial charge in [0.25, 0.3) is 11.8 Å². The van der Waals surface area contributed by atoms with Crippen LogP contribution in [0.5, 0.6) is 11.5 Å². The number of benzene rings is 3. The van der Waals surface area contributed by atoms with E-state index in [4.69, 9.17) is 4.74 Å². The van der Waals surface area contributed by atoms with Crippen molar-refractivity contribution in [2.24, 2.45) is 0 Å². The van der Waals surface area contributed by atoms with Crippen LogP contribution in [-0.4, -0.2) is 24.8 Å². The summed E-state index contributed by atoms with van der Waals surface area (Å²) in [6, 6.07) is 20.0. The monoisotopic (exact) mass is 468 g/mol. The average Bonchev–Trinajstić information content (AvgIpc) is 3.03. The lowest BCUT2D eigenvalue weighted by Crippen LogP contribution is -2.32. The first-order chi connectivity index (χ1) is 16.3. The van der Waals surface area contributed by atoms with Crippen LogP contribution in [0.1, 0.15) is 12.5 Å². The summed E-state index contributed by atoms with van der Waals surface area (Å²) in [6.07, 6.45) is -4.87. The molecule has 0 fully saturated rings. The van der Waals surface area contributed by atoms with Crippen LogP contribution in [0.15, 0.2) is 84.6 Å². The first kappa shape index (κ1) is 22.9. The second-order valence-electron chi connectivity index (χ2n) is 7.19. The molecule has 0 bridgehead atoms. The van der Waals surface area contributed by atoms with Gasteiger partial charge in [0.2, 0.25) is 0 Å². The number of ether oxygens (including phenoxy) is 2. The molecule has 0 aliphatic carbocycles. The van der Waals surface area contributed by atoms with Crippen molar-refractivity contribution in [3.8, 4) is 11.5 Å². The molecule has 0 saturated carbocycles. The number of anilines is 2. The second-order valence-corrected chi connectivity index (χ2v) is 7.19. The van der Waals surface area contributed by atoms with Gasteiger partial charge in [-0.1, -0.05) is 36.4 Å². The highest BCUT2D eigenvalue weighted by atomic mass is 19.4. The number of nitrogens with zero attached hydrogens (tertiary/aromatic N) is 1. The van der Waals surface area contributed by atoms with Crippen LogP contribution in [0.3, 0.4) is 0 Å². The quantitative estimate of drug-likeness (QED) is 0.472. The van der Waals surface area contributed by atoms with E-state index in [9.17, 15) is 22.8 Å². The highest BCUT2D eigenvalue weighted by molar-refractivity contribution is 6.46. The molecule has 1 aliphatic heterocycles. The van der Waals surface area contributed by atoms with Crippen LogP contribution >= 0.6 is 0 Å². The molecule has 2 amide bonds. The standard InChI is InChI=1S/C25H19F3N2O4/c1-2-33-19-13-11-16(12-14-19)21-22(24(32)30(23(21)31)18-8-4-3-5-9-18)29-17-7-6-10-20(15-17)34-25(26,27)28/h3-15,29H,2H2,1H3. The number of hydrogen-bond acceptors (Lipinski definition) is 5. The summed E-state index contributed by atoms with van der Waals surface area (Å²) in [6.45, 7) is 2.30. The van der Waals surface area contributed by atoms with E-state index in [2.05, 4.69) is 10.1 Å². The third kappa shape index (κ3) is 4.88. The second kappa shape index (κ2) is 9.30. The number of amides is 2. The molecule has 34 heavy (non-hydrogen) atoms. The zero-order valence-corrected chi connectivity index (χ0v) is 17.9. The summed E-state index contributed by atoms with van der Waals surface area (Å²) in [5, 5.41) is 2.82. The van der Waals surface area contributed by atoms with Crippen molar-refractivity contribution >= 4 is 28.8 Å². The molecule has 1 N–H and O–H groups in total. The third-order valence-electron chi connectivity index (χ3n) is 4.89. The summed E-state index contributed by atoms with van der Waals surface area (Å²) in [7, 11) is 0. The Bertz CT molecular complexity index is 1240. The van der Waals surface area contributed by atoms with Crippen molar-refractivity contribution in [2.45, 2.75) is 13.3 Å². The molecule has 174 valence electrons. The summed E-state index contributed by atoms with van der Waals surface area (Å²) in [4.78, 5) is 27.7. The van der Waals surface area contributed by atoms with Gasteiger partial charge in [0.15, 0.2) is 0 Å². The van der Waals surface area contributed by atoms with Crippen molar-refractivity contribution in [1.82, 2.24) is 0 Å². The molecule has 0 aromatic heterocycles. The number of hydrogen-bond donors (Lipinski definition) is 1. The Balaban J connectivity index is 1.75. The molecule has 6 nitrogen and oxygen atoms in total. The molecule has 4 rings (SSSR count). The molecule has 9 heteroatoms. The largest absolute Gasteiger partial charge is 0.573 e. The van der Waals surface area contributed by atoms with E-state index in [-0.39, 0.29) is 17.0 Å². The fourth-order valence-corrected chi connectivity index (χ4v) is 3.52. The number of carbonyl (C=O) groups is 2. The topological polar surface area (TPSA) is 67.9 Å². The maximum Gasteiger partial charge on any atom is 0.573 e. The number of alkyl halides is 3. The number of carbonyl (C=O) groups excluding carboxylic acids is 2. The third-order valence-corrected chi connectivity index (χ3v) is 4.89. The lowest BCUT2D eigenvalue weighted by molar-refractivity contribution is -0.274. The SMILES string of the molecule is CCOc1ccc(C2=C(Nc3cccc(OC(F)(F)F)c3)C(=O)N(c3ccccc3)C2=O)cc1. The summed E-state index contributed by atoms with van der Waals surface area (Å²) in [5.74, 6) is -1.07. The van der Waals surface area contributed by atoms with Crippen molar-refractivity contribution in [3.05, 3.63) is 90.1 Å². The predicted octanol–water partition coefficient (Wildman–Crippen LogP) is 5.38. The first-order valence-corrected chi connectivity index (χ1v) is 10.3. The molecule has 0 saturated heterocycles. The summed E-state index contributed by atoms with van der Waals surface area (Å²) in [5.41, 5.74) is 0.981. The zero-order chi connectivity index (χ0) is 24.3. The molecule has 3 aromatic rings. The van der Waals surface area contributed by atoms with E-state index in [0.717, 1.165) is 17.0 Å². The molecule has 3 aromatic carbocycles. The first-order valence-electron chi connectivity index (χ1n) is 10.3. The van der Waals surface area contributed by atoms with Gasteiger partial charge in [0.05, 0.1) is 17.9 Å². The normalized spacial score (nSPS) is 13.9. The maximum absolute atomic E-state index is 13.4. The van der Waals surface area contributed by atoms with E-state index < -0.39 is 23.9 Å². The molecular weight excluding hydrogens is 449 g/mol. The minimum absolute atomic E-state index is 0.0674. The zero-order valence-electron chi connectivity index (χ0n) is 17.9. The molecule has 0 spiro atoms. The average molecular weight is 468 g/mol. The van der Waals surface area contributed by atoms with Crippen LogP contribution in [0, 0.1) is 0 Å². The highest BCUT2D eigenvalue weighted by Gasteiger charge is 2.40. The molecular formula is C25H19F3N2O4. The summed E-state index contributed by atoms with van der Waals surface area (Å²) >= 11 is 0. The van der Waals surface area contributed by atoms with E-state index in [1.807, 2.05) is 6.92 Å². The van der Waals surface area contributed by atoms with Gasteiger partial charge in [-0.15, -0.1) is 13.2 Å². The highest BCUT2D eigenvalue weighted by Crippen LogP contribution is 2.35. The van der Waals surface area contributed by atoms with Gasteiger partial charge in [-0.2, -0.15) is 0 Å². The van der Waals surface area contributed by atoms with Gasteiger partial charge in [-0.25, -0.2) is 4.90 Å². The number of nitrogens with one attached hydrogen (secondary N) is 1. The Morgan fingerprint density at radius 1 is 0.853 bits per heavy atom. The van der Waals surface area contributed by atoms with Crippen LogP contribution < -0.4 is 19.7 Å². The van der Waals surface area contributed by atoms with Crippen molar-refractivity contribution in [2.75, 3.05) is 16.8 Å². The van der Waals surface area contributed by atoms with Crippen molar-refractivity contribution in [1.29, 1.82) is 0 Å². The van der Waals surface area contributed by atoms with E-state index >= 15 is 0 Å². The van der Waals surface area contributed by atoms with Crippen LogP contribution in [0.25, 0.3) is 5.57 Å². The fourth-order valence-electron chi connectivity index (χ4n) is 3.52. The molecule has 0 unspecified atom stereocenters. The number of para-hydroxylation sites is 1. The van der Waals surface area contributed by atoms with Gasteiger partial charge in [0, 0.05) is 11.8 Å². The molecule has 1 heterocycles. The predicted molar refractivity (Wildman–Crippen MR) is 120 cm³/mol. The van der Waals surface area contributed by atoms with Crippen LogP contribution in [0.4, 0.5) is 24.5 Å². The number of halogens is 3. The van der Waals surface area contributed by atoms with Gasteiger partial charge in [-0.3, -0.25) is 9.59 Å². The van der Waals surface area contributed by atoms with Gasteiger partial charge in [0.1, 0.15) is 17.2 Å². The van der Waals surface area contributed by atoms with Crippen molar-refractivity contribution < 1.29 is 32.2 Å². The Morgan fingerprint density at radius 2 is 1.56 bits per heavy atom. The fraction of sp³-hybridized carbons (Fsp3) is 0.120. The number of rotatable bonds is 7. The molecule has 0 atom stereocenters. The summed E-state index contributed by atoms with van der Waals surface area (Å²) < 4.78 is 47.3. The minimum atomic E-state index is -4.87. The Hall–Kier alpha value is -4.27. The Kier molecular flexibility index (Phi) is 6.27.